The Morgan fingerprint density at radius 2 is 1.79 bits per heavy atom. The molecule has 0 unspecified atom stereocenters. The van der Waals surface area contributed by atoms with Crippen LogP contribution in [0, 0.1) is 5.92 Å². The highest BCUT2D eigenvalue weighted by molar-refractivity contribution is 9.10. The Bertz CT molecular complexity index is 800. The minimum Gasteiger partial charge on any atom is -0.494 e. The topological polar surface area (TPSA) is 47.6 Å². The summed E-state index contributed by atoms with van der Waals surface area (Å²) < 4.78 is 12.0. The third-order valence-electron chi connectivity index (χ3n) is 4.97. The van der Waals surface area contributed by atoms with E-state index >= 15 is 0 Å². The maximum atomic E-state index is 12.2. The van der Waals surface area contributed by atoms with E-state index in [-0.39, 0.29) is 12.5 Å². The Morgan fingerprint density at radius 3 is 2.48 bits per heavy atom. The maximum absolute atomic E-state index is 12.2. The smallest absolute Gasteiger partial charge is 0.262 e. The van der Waals surface area contributed by atoms with E-state index in [1.54, 1.807) is 12.1 Å². The molecule has 0 radical (unpaired) electrons. The first-order valence-electron chi connectivity index (χ1n) is 9.81. The molecular weight excluding hydrogens is 477 g/mol. The third-order valence-corrected chi connectivity index (χ3v) is 6.06. The average molecular weight is 501 g/mol. The fourth-order valence-electron chi connectivity index (χ4n) is 3.46. The van der Waals surface area contributed by atoms with Gasteiger partial charge in [0, 0.05) is 10.7 Å². The fraction of sp³-hybridized carbons (Fsp3) is 0.409. The van der Waals surface area contributed by atoms with Crippen LogP contribution in [0.5, 0.6) is 11.5 Å². The van der Waals surface area contributed by atoms with Crippen molar-refractivity contribution < 1.29 is 14.3 Å². The van der Waals surface area contributed by atoms with Gasteiger partial charge >= 0.3 is 0 Å². The van der Waals surface area contributed by atoms with E-state index in [0.717, 1.165) is 24.7 Å². The Labute approximate surface area is 190 Å². The predicted molar refractivity (Wildman–Crippen MR) is 121 cm³/mol. The first kappa shape index (κ1) is 22.3. The minimum absolute atomic E-state index is 0.167. The van der Waals surface area contributed by atoms with Gasteiger partial charge in [0.05, 0.1) is 16.1 Å². The molecule has 1 saturated carbocycles. The molecule has 1 aliphatic carbocycles. The third kappa shape index (κ3) is 7.09. The van der Waals surface area contributed by atoms with Crippen LogP contribution < -0.4 is 14.8 Å². The Hall–Kier alpha value is -1.43. The summed E-state index contributed by atoms with van der Waals surface area (Å²) in [6, 6.07) is 10.6. The first-order valence-corrected chi connectivity index (χ1v) is 11.4. The van der Waals surface area contributed by atoms with Gasteiger partial charge in [0.1, 0.15) is 5.75 Å². The Morgan fingerprint density at radius 1 is 1.07 bits per heavy atom. The summed E-state index contributed by atoms with van der Waals surface area (Å²) >= 11 is 15.3. The molecule has 0 heterocycles. The number of nitrogens with one attached hydrogen (secondary N) is 1. The molecule has 1 amide bonds. The van der Waals surface area contributed by atoms with Crippen LogP contribution in [-0.4, -0.2) is 19.1 Å². The molecule has 0 spiro atoms. The SMILES string of the molecule is O=C(COc1c(Cl)cc(Cl)cc1Br)Nc1ccc(OCCC2CCCCC2)cc1. The van der Waals surface area contributed by atoms with E-state index in [9.17, 15) is 4.79 Å². The maximum Gasteiger partial charge on any atom is 0.262 e. The standard InChI is InChI=1S/C22H24BrCl2NO3/c23-19-12-16(24)13-20(25)22(19)29-14-21(27)26-17-6-8-18(9-7-17)28-11-10-15-4-2-1-3-5-15/h6-9,12-13,15H,1-5,10-11,14H2,(H,26,27). The van der Waals surface area contributed by atoms with Crippen LogP contribution in [0.25, 0.3) is 0 Å². The molecule has 0 saturated heterocycles. The van der Waals surface area contributed by atoms with E-state index in [1.165, 1.54) is 32.1 Å². The zero-order chi connectivity index (χ0) is 20.6. The van der Waals surface area contributed by atoms with Crippen LogP contribution in [0.4, 0.5) is 5.69 Å². The molecular formula is C22H24BrCl2NO3. The molecule has 1 fully saturated rings. The molecule has 0 bridgehead atoms. The van der Waals surface area contributed by atoms with E-state index in [2.05, 4.69) is 21.2 Å². The van der Waals surface area contributed by atoms with Crippen molar-refractivity contribution in [3.63, 3.8) is 0 Å². The Kier molecular flexibility index (Phi) is 8.52. The van der Waals surface area contributed by atoms with Gasteiger partial charge in [-0.15, -0.1) is 0 Å². The lowest BCUT2D eigenvalue weighted by molar-refractivity contribution is -0.118. The van der Waals surface area contributed by atoms with Crippen LogP contribution in [0.3, 0.4) is 0 Å². The monoisotopic (exact) mass is 499 g/mol. The van der Waals surface area contributed by atoms with Crippen molar-refractivity contribution in [1.29, 1.82) is 0 Å². The number of carbonyl (C=O) groups is 1. The van der Waals surface area contributed by atoms with Crippen molar-refractivity contribution in [2.45, 2.75) is 38.5 Å². The van der Waals surface area contributed by atoms with Crippen molar-refractivity contribution in [3.05, 3.63) is 50.9 Å². The normalized spacial score (nSPS) is 14.4. The van der Waals surface area contributed by atoms with Crippen LogP contribution in [0.1, 0.15) is 38.5 Å². The number of rotatable bonds is 8. The second-order valence-corrected chi connectivity index (χ2v) is 8.90. The van der Waals surface area contributed by atoms with Crippen molar-refractivity contribution in [2.24, 2.45) is 5.92 Å². The molecule has 3 rings (SSSR count). The molecule has 2 aromatic carbocycles. The van der Waals surface area contributed by atoms with Gasteiger partial charge in [-0.05, 0) is 64.7 Å². The van der Waals surface area contributed by atoms with Gasteiger partial charge in [0.15, 0.2) is 12.4 Å². The van der Waals surface area contributed by atoms with E-state index in [4.69, 9.17) is 32.7 Å². The predicted octanol–water partition coefficient (Wildman–Crippen LogP) is 7.12. The lowest BCUT2D eigenvalue weighted by Gasteiger charge is -2.21. The summed E-state index contributed by atoms with van der Waals surface area (Å²) in [6.45, 7) is 0.570. The average Bonchev–Trinajstić information content (AvgIpc) is 2.69. The lowest BCUT2D eigenvalue weighted by atomic mass is 9.87. The molecule has 29 heavy (non-hydrogen) atoms. The highest BCUT2D eigenvalue weighted by Crippen LogP contribution is 2.36. The van der Waals surface area contributed by atoms with Crippen LogP contribution in [-0.2, 0) is 4.79 Å². The summed E-state index contributed by atoms with van der Waals surface area (Å²) in [5.41, 5.74) is 0.680. The van der Waals surface area contributed by atoms with Gasteiger partial charge in [-0.3, -0.25) is 4.79 Å². The number of amides is 1. The molecule has 4 nitrogen and oxygen atoms in total. The zero-order valence-electron chi connectivity index (χ0n) is 16.1. The number of carbonyl (C=O) groups excluding carboxylic acids is 1. The molecule has 2 aromatic rings. The summed E-state index contributed by atoms with van der Waals surface area (Å²) in [5.74, 6) is 1.71. The van der Waals surface area contributed by atoms with E-state index in [0.29, 0.717) is 26.0 Å². The quantitative estimate of drug-likeness (QED) is 0.419. The number of benzene rings is 2. The molecule has 0 atom stereocenters. The van der Waals surface area contributed by atoms with Crippen LogP contribution in [0.2, 0.25) is 10.0 Å². The molecule has 1 N–H and O–H groups in total. The molecule has 1 aliphatic rings. The second-order valence-electron chi connectivity index (χ2n) is 7.20. The van der Waals surface area contributed by atoms with Gasteiger partial charge < -0.3 is 14.8 Å². The molecule has 156 valence electrons. The molecule has 0 aromatic heterocycles. The second kappa shape index (κ2) is 11.1. The first-order chi connectivity index (χ1) is 14.0. The van der Waals surface area contributed by atoms with Crippen molar-refractivity contribution in [3.8, 4) is 11.5 Å². The van der Waals surface area contributed by atoms with Crippen molar-refractivity contribution in [1.82, 2.24) is 0 Å². The molecule has 7 heteroatoms. The summed E-state index contributed by atoms with van der Waals surface area (Å²) in [6.07, 6.45) is 7.84. The lowest BCUT2D eigenvalue weighted by Crippen LogP contribution is -2.20. The van der Waals surface area contributed by atoms with E-state index in [1.807, 2.05) is 24.3 Å². The van der Waals surface area contributed by atoms with Gasteiger partial charge in [-0.1, -0.05) is 55.3 Å². The highest BCUT2D eigenvalue weighted by Gasteiger charge is 2.13. The number of hydrogen-bond acceptors (Lipinski definition) is 3. The number of anilines is 1. The summed E-state index contributed by atoms with van der Waals surface area (Å²) in [7, 11) is 0. The van der Waals surface area contributed by atoms with Crippen molar-refractivity contribution in [2.75, 3.05) is 18.5 Å². The van der Waals surface area contributed by atoms with Gasteiger partial charge in [0.25, 0.3) is 5.91 Å². The van der Waals surface area contributed by atoms with Crippen LogP contribution in [0.15, 0.2) is 40.9 Å². The minimum atomic E-state index is -0.283. The van der Waals surface area contributed by atoms with Gasteiger partial charge in [-0.2, -0.15) is 0 Å². The Balaban J connectivity index is 1.42. The van der Waals surface area contributed by atoms with Gasteiger partial charge in [-0.25, -0.2) is 0 Å². The highest BCUT2D eigenvalue weighted by atomic mass is 79.9. The molecule has 0 aliphatic heterocycles. The van der Waals surface area contributed by atoms with Gasteiger partial charge in [0.2, 0.25) is 0 Å². The van der Waals surface area contributed by atoms with E-state index < -0.39 is 0 Å². The summed E-state index contributed by atoms with van der Waals surface area (Å²) in [5, 5.41) is 3.62. The fourth-order valence-corrected chi connectivity index (χ4v) is 4.82. The zero-order valence-corrected chi connectivity index (χ0v) is 19.2. The largest absolute Gasteiger partial charge is 0.494 e. The number of halogens is 3. The van der Waals surface area contributed by atoms with Crippen molar-refractivity contribution >= 4 is 50.7 Å². The van der Waals surface area contributed by atoms with Crippen LogP contribution >= 0.6 is 39.1 Å². The number of hydrogen-bond donors (Lipinski definition) is 1. The number of ether oxygens (including phenoxy) is 2. The summed E-state index contributed by atoms with van der Waals surface area (Å²) in [4.78, 5) is 12.2.